The number of hydrogen-bond donors (Lipinski definition) is 2. The average Bonchev–Trinajstić information content (AvgIpc) is 2.14. The molecule has 2 N–H and O–H groups in total. The highest BCUT2D eigenvalue weighted by Crippen LogP contribution is 2.37. The van der Waals surface area contributed by atoms with Crippen LogP contribution in [0.4, 0.5) is 13.2 Å². The molecule has 0 aromatic heterocycles. The van der Waals surface area contributed by atoms with Crippen molar-refractivity contribution in [3.8, 4) is 11.5 Å². The number of halogens is 3. The van der Waals surface area contributed by atoms with Crippen molar-refractivity contribution in [2.45, 2.75) is 6.18 Å². The van der Waals surface area contributed by atoms with Gasteiger partial charge in [0, 0.05) is 0 Å². The predicted octanol–water partition coefficient (Wildman–Crippen LogP) is 2.12. The molecule has 0 unspecified atom stereocenters. The third-order valence-corrected chi connectivity index (χ3v) is 1.84. The van der Waals surface area contributed by atoms with Crippen molar-refractivity contribution in [2.75, 3.05) is 7.11 Å². The lowest BCUT2D eigenvalue weighted by molar-refractivity contribution is -0.137. The minimum atomic E-state index is -4.68. The monoisotopic (exact) mass is 236 g/mol. The van der Waals surface area contributed by atoms with E-state index in [9.17, 15) is 23.1 Å². The third-order valence-electron chi connectivity index (χ3n) is 1.84. The van der Waals surface area contributed by atoms with E-state index in [2.05, 4.69) is 4.74 Å². The summed E-state index contributed by atoms with van der Waals surface area (Å²) in [6.45, 7) is 0. The third kappa shape index (κ3) is 2.18. The molecule has 1 rings (SSSR count). The van der Waals surface area contributed by atoms with Gasteiger partial charge >= 0.3 is 12.1 Å². The Morgan fingerprint density at radius 3 is 2.31 bits per heavy atom. The molecular formula is C9H7F3O4. The number of carboxylic acid groups (broad SMARTS) is 1. The second-order valence-corrected chi connectivity index (χ2v) is 2.88. The van der Waals surface area contributed by atoms with Crippen LogP contribution < -0.4 is 4.74 Å². The fourth-order valence-corrected chi connectivity index (χ4v) is 1.14. The highest BCUT2D eigenvalue weighted by molar-refractivity contribution is 5.94. The maximum atomic E-state index is 12.3. The largest absolute Gasteiger partial charge is 0.507 e. The van der Waals surface area contributed by atoms with Gasteiger partial charge < -0.3 is 14.9 Å². The van der Waals surface area contributed by atoms with Gasteiger partial charge in [-0.2, -0.15) is 13.2 Å². The summed E-state index contributed by atoms with van der Waals surface area (Å²) in [6, 6.07) is 0.856. The van der Waals surface area contributed by atoms with Crippen LogP contribution in [0.3, 0.4) is 0 Å². The van der Waals surface area contributed by atoms with E-state index in [1.165, 1.54) is 0 Å². The summed E-state index contributed by atoms with van der Waals surface area (Å²) in [4.78, 5) is 10.6. The second-order valence-electron chi connectivity index (χ2n) is 2.88. The van der Waals surface area contributed by atoms with Gasteiger partial charge in [0.2, 0.25) is 0 Å². The van der Waals surface area contributed by atoms with E-state index in [4.69, 9.17) is 5.11 Å². The summed E-state index contributed by atoms with van der Waals surface area (Å²) in [5, 5.41) is 17.8. The van der Waals surface area contributed by atoms with Crippen LogP contribution >= 0.6 is 0 Å². The van der Waals surface area contributed by atoms with Crippen molar-refractivity contribution in [3.05, 3.63) is 23.3 Å². The minimum Gasteiger partial charge on any atom is -0.507 e. The Labute approximate surface area is 87.9 Å². The SMILES string of the molecule is COc1cc(C(F)(F)F)cc(O)c1C(=O)O. The number of benzene rings is 1. The zero-order valence-electron chi connectivity index (χ0n) is 8.00. The van der Waals surface area contributed by atoms with E-state index in [-0.39, 0.29) is 0 Å². The molecule has 0 amide bonds. The number of aromatic hydroxyl groups is 1. The summed E-state index contributed by atoms with van der Waals surface area (Å²) in [5.41, 5.74) is -1.87. The zero-order chi connectivity index (χ0) is 12.5. The topological polar surface area (TPSA) is 66.8 Å². The zero-order valence-corrected chi connectivity index (χ0v) is 8.00. The molecule has 0 saturated heterocycles. The first-order valence-corrected chi connectivity index (χ1v) is 3.99. The Bertz CT molecular complexity index is 425. The van der Waals surface area contributed by atoms with Crippen molar-refractivity contribution < 1.29 is 32.9 Å². The fourth-order valence-electron chi connectivity index (χ4n) is 1.14. The maximum absolute atomic E-state index is 12.3. The summed E-state index contributed by atoms with van der Waals surface area (Å²) >= 11 is 0. The van der Waals surface area contributed by atoms with Gasteiger partial charge in [-0.25, -0.2) is 4.79 Å². The van der Waals surface area contributed by atoms with Gasteiger partial charge in [-0.3, -0.25) is 0 Å². The van der Waals surface area contributed by atoms with Gasteiger partial charge in [0.05, 0.1) is 12.7 Å². The molecule has 7 heteroatoms. The van der Waals surface area contributed by atoms with Gasteiger partial charge in [-0.05, 0) is 12.1 Å². The summed E-state index contributed by atoms with van der Waals surface area (Å²) < 4.78 is 41.4. The number of aromatic carboxylic acids is 1. The Hall–Kier alpha value is -1.92. The Balaban J connectivity index is 3.44. The first kappa shape index (κ1) is 12.2. The number of carbonyl (C=O) groups is 1. The molecule has 88 valence electrons. The summed E-state index contributed by atoms with van der Waals surface area (Å²) in [5.74, 6) is -3.10. The van der Waals surface area contributed by atoms with Crippen molar-refractivity contribution >= 4 is 5.97 Å². The second kappa shape index (κ2) is 3.92. The molecule has 1 aromatic carbocycles. The highest BCUT2D eigenvalue weighted by atomic mass is 19.4. The average molecular weight is 236 g/mol. The molecule has 0 bridgehead atoms. The van der Waals surface area contributed by atoms with Crippen molar-refractivity contribution in [2.24, 2.45) is 0 Å². The molecule has 1 aromatic rings. The van der Waals surface area contributed by atoms with Crippen molar-refractivity contribution in [1.82, 2.24) is 0 Å². The Morgan fingerprint density at radius 1 is 1.38 bits per heavy atom. The first-order valence-electron chi connectivity index (χ1n) is 3.99. The van der Waals surface area contributed by atoms with Crippen LogP contribution in [-0.4, -0.2) is 23.3 Å². The normalized spacial score (nSPS) is 11.2. The lowest BCUT2D eigenvalue weighted by Gasteiger charge is -2.12. The highest BCUT2D eigenvalue weighted by Gasteiger charge is 2.33. The van der Waals surface area contributed by atoms with Crippen LogP contribution in [0, 0.1) is 0 Å². The van der Waals surface area contributed by atoms with Gasteiger partial charge in [-0.1, -0.05) is 0 Å². The summed E-state index contributed by atoms with van der Waals surface area (Å²) in [7, 11) is 1.02. The maximum Gasteiger partial charge on any atom is 0.416 e. The molecule has 0 heterocycles. The van der Waals surface area contributed by atoms with E-state index in [0.717, 1.165) is 7.11 Å². The van der Waals surface area contributed by atoms with Crippen LogP contribution in [0.5, 0.6) is 11.5 Å². The van der Waals surface area contributed by atoms with Crippen LogP contribution in [0.2, 0.25) is 0 Å². The van der Waals surface area contributed by atoms with Gasteiger partial charge in [0.1, 0.15) is 17.1 Å². The minimum absolute atomic E-state index is 0.339. The molecule has 0 atom stereocenters. The number of phenols is 1. The number of hydrogen-bond acceptors (Lipinski definition) is 3. The molecule has 0 aliphatic carbocycles. The predicted molar refractivity (Wildman–Crippen MR) is 46.6 cm³/mol. The molecular weight excluding hydrogens is 229 g/mol. The van der Waals surface area contributed by atoms with Gasteiger partial charge in [-0.15, -0.1) is 0 Å². The van der Waals surface area contributed by atoms with Gasteiger partial charge in [0.25, 0.3) is 0 Å². The van der Waals surface area contributed by atoms with E-state index >= 15 is 0 Å². The van der Waals surface area contributed by atoms with E-state index in [0.29, 0.717) is 12.1 Å². The van der Waals surface area contributed by atoms with E-state index < -0.39 is 34.8 Å². The van der Waals surface area contributed by atoms with Crippen LogP contribution in [0.15, 0.2) is 12.1 Å². The standard InChI is InChI=1S/C9H7F3O4/c1-16-6-3-4(9(10,11)12)2-5(13)7(6)8(14)15/h2-3,13H,1H3,(H,14,15). The Kier molecular flexibility index (Phi) is 2.97. The van der Waals surface area contributed by atoms with E-state index in [1.807, 2.05) is 0 Å². The summed E-state index contributed by atoms with van der Waals surface area (Å²) in [6.07, 6.45) is -4.68. The van der Waals surface area contributed by atoms with Crippen LogP contribution in [0.25, 0.3) is 0 Å². The smallest absolute Gasteiger partial charge is 0.416 e. The number of alkyl halides is 3. The molecule has 0 spiro atoms. The number of ether oxygens (including phenoxy) is 1. The molecule has 0 radical (unpaired) electrons. The molecule has 0 aliphatic heterocycles. The van der Waals surface area contributed by atoms with E-state index in [1.54, 1.807) is 0 Å². The number of carboxylic acids is 1. The van der Waals surface area contributed by atoms with Crippen LogP contribution in [0.1, 0.15) is 15.9 Å². The quantitative estimate of drug-likeness (QED) is 0.825. The Morgan fingerprint density at radius 2 is 1.94 bits per heavy atom. The number of rotatable bonds is 2. The molecule has 0 fully saturated rings. The fraction of sp³-hybridized carbons (Fsp3) is 0.222. The lowest BCUT2D eigenvalue weighted by Crippen LogP contribution is -2.08. The van der Waals surface area contributed by atoms with Crippen molar-refractivity contribution in [1.29, 1.82) is 0 Å². The molecule has 0 aliphatic rings. The van der Waals surface area contributed by atoms with Crippen molar-refractivity contribution in [3.63, 3.8) is 0 Å². The molecule has 0 saturated carbocycles. The van der Waals surface area contributed by atoms with Gasteiger partial charge in [0.15, 0.2) is 0 Å². The first-order chi connectivity index (χ1) is 7.27. The molecule has 16 heavy (non-hydrogen) atoms. The van der Waals surface area contributed by atoms with Crippen LogP contribution in [-0.2, 0) is 6.18 Å². The number of methoxy groups -OCH3 is 1. The molecule has 4 nitrogen and oxygen atoms in total. The lowest BCUT2D eigenvalue weighted by atomic mass is 10.1.